The number of rotatable bonds is 8. The molecule has 3 rings (SSSR count). The molecule has 1 aliphatic heterocycles. The summed E-state index contributed by atoms with van der Waals surface area (Å²) in [7, 11) is 0. The molecule has 0 bridgehead atoms. The Morgan fingerprint density at radius 2 is 2.12 bits per heavy atom. The van der Waals surface area contributed by atoms with E-state index in [4.69, 9.17) is 0 Å². The quantitative estimate of drug-likeness (QED) is 0.686. The highest BCUT2D eigenvalue weighted by Crippen LogP contribution is 2.13. The molecule has 0 spiro atoms. The van der Waals surface area contributed by atoms with Crippen molar-refractivity contribution in [2.75, 3.05) is 19.6 Å². The molecule has 1 atom stereocenters. The summed E-state index contributed by atoms with van der Waals surface area (Å²) in [5.74, 6) is -0.163. The zero-order chi connectivity index (χ0) is 18.2. The van der Waals surface area contributed by atoms with E-state index in [1.807, 2.05) is 47.3 Å². The van der Waals surface area contributed by atoms with Crippen molar-refractivity contribution in [3.63, 3.8) is 0 Å². The molecular formula is C19H25N5O2. The number of piperazine rings is 1. The van der Waals surface area contributed by atoms with Gasteiger partial charge in [-0.25, -0.2) is 0 Å². The van der Waals surface area contributed by atoms with Crippen molar-refractivity contribution < 1.29 is 9.59 Å². The maximum absolute atomic E-state index is 12.3. The molecule has 0 radical (unpaired) electrons. The number of carbonyl (C=O) groups is 2. The van der Waals surface area contributed by atoms with Gasteiger partial charge in [0.2, 0.25) is 11.8 Å². The van der Waals surface area contributed by atoms with Crippen LogP contribution in [0.1, 0.15) is 18.4 Å². The lowest BCUT2D eigenvalue weighted by Crippen LogP contribution is -2.56. The summed E-state index contributed by atoms with van der Waals surface area (Å²) in [6.45, 7) is 3.38. The Balaban J connectivity index is 1.48. The highest BCUT2D eigenvalue weighted by atomic mass is 16.2. The van der Waals surface area contributed by atoms with Gasteiger partial charge in [-0.05, 0) is 18.1 Å². The molecule has 1 aliphatic rings. The molecule has 138 valence electrons. The molecule has 0 aliphatic carbocycles. The van der Waals surface area contributed by atoms with Crippen LogP contribution in [0.15, 0.2) is 48.8 Å². The van der Waals surface area contributed by atoms with E-state index in [0.29, 0.717) is 19.6 Å². The minimum absolute atomic E-state index is 0.0705. The van der Waals surface area contributed by atoms with Crippen molar-refractivity contribution in [2.24, 2.45) is 0 Å². The van der Waals surface area contributed by atoms with E-state index < -0.39 is 6.04 Å². The number of hydrogen-bond acceptors (Lipinski definition) is 4. The van der Waals surface area contributed by atoms with E-state index in [1.54, 1.807) is 6.20 Å². The molecule has 2 amide bonds. The average molecular weight is 355 g/mol. The molecule has 7 nitrogen and oxygen atoms in total. The second-order valence-corrected chi connectivity index (χ2v) is 6.44. The standard InChI is InChI=1S/C19H25N5O2/c25-18(20-8-4-11-24-12-5-9-22-24)14-17-19(26)21-10-13-23(17)15-16-6-2-1-3-7-16/h1-3,5-7,9,12,17H,4,8,10-11,13-15H2,(H,20,25)(H,21,26). The van der Waals surface area contributed by atoms with Crippen LogP contribution in [0.2, 0.25) is 0 Å². The Labute approximate surface area is 153 Å². The minimum atomic E-state index is -0.421. The van der Waals surface area contributed by atoms with Crippen LogP contribution in [0.4, 0.5) is 0 Å². The normalized spacial score (nSPS) is 17.7. The van der Waals surface area contributed by atoms with Gasteiger partial charge in [-0.1, -0.05) is 30.3 Å². The molecule has 1 saturated heterocycles. The van der Waals surface area contributed by atoms with Crippen LogP contribution in [0.25, 0.3) is 0 Å². The first-order valence-electron chi connectivity index (χ1n) is 9.02. The maximum Gasteiger partial charge on any atom is 0.237 e. The third-order valence-corrected chi connectivity index (χ3v) is 4.49. The van der Waals surface area contributed by atoms with E-state index in [0.717, 1.165) is 25.1 Å². The number of nitrogens with zero attached hydrogens (tertiary/aromatic N) is 3. The van der Waals surface area contributed by atoms with Crippen LogP contribution in [0.5, 0.6) is 0 Å². The van der Waals surface area contributed by atoms with Gasteiger partial charge in [-0.15, -0.1) is 0 Å². The van der Waals surface area contributed by atoms with Gasteiger partial charge in [0.15, 0.2) is 0 Å². The minimum Gasteiger partial charge on any atom is -0.356 e. The summed E-state index contributed by atoms with van der Waals surface area (Å²) in [6, 6.07) is 11.5. The third-order valence-electron chi connectivity index (χ3n) is 4.49. The predicted molar refractivity (Wildman–Crippen MR) is 98.1 cm³/mol. The summed E-state index contributed by atoms with van der Waals surface area (Å²) in [5.41, 5.74) is 1.15. The van der Waals surface area contributed by atoms with Crippen LogP contribution in [0.3, 0.4) is 0 Å². The largest absolute Gasteiger partial charge is 0.356 e. The summed E-state index contributed by atoms with van der Waals surface area (Å²) in [6.07, 6.45) is 4.62. The van der Waals surface area contributed by atoms with Gasteiger partial charge < -0.3 is 10.6 Å². The number of hydrogen-bond donors (Lipinski definition) is 2. The zero-order valence-electron chi connectivity index (χ0n) is 14.8. The van der Waals surface area contributed by atoms with E-state index in [-0.39, 0.29) is 18.2 Å². The monoisotopic (exact) mass is 355 g/mol. The van der Waals surface area contributed by atoms with Crippen molar-refractivity contribution in [3.8, 4) is 0 Å². The van der Waals surface area contributed by atoms with Gasteiger partial charge in [-0.2, -0.15) is 5.10 Å². The Hall–Kier alpha value is -2.67. The molecule has 1 unspecified atom stereocenters. The van der Waals surface area contributed by atoms with Gasteiger partial charge in [-0.3, -0.25) is 19.2 Å². The highest BCUT2D eigenvalue weighted by molar-refractivity contribution is 5.88. The zero-order valence-corrected chi connectivity index (χ0v) is 14.8. The molecule has 2 aromatic rings. The fourth-order valence-corrected chi connectivity index (χ4v) is 3.14. The topological polar surface area (TPSA) is 79.3 Å². The van der Waals surface area contributed by atoms with Gasteiger partial charge in [0.05, 0.1) is 12.5 Å². The van der Waals surface area contributed by atoms with Crippen molar-refractivity contribution in [3.05, 3.63) is 54.4 Å². The summed E-state index contributed by atoms with van der Waals surface area (Å²) in [4.78, 5) is 26.6. The highest BCUT2D eigenvalue weighted by Gasteiger charge is 2.31. The van der Waals surface area contributed by atoms with Gasteiger partial charge in [0.1, 0.15) is 0 Å². The molecule has 26 heavy (non-hydrogen) atoms. The summed E-state index contributed by atoms with van der Waals surface area (Å²) >= 11 is 0. The summed E-state index contributed by atoms with van der Waals surface area (Å²) in [5, 5.41) is 9.91. The van der Waals surface area contributed by atoms with Gasteiger partial charge in [0.25, 0.3) is 0 Å². The predicted octanol–water partition coefficient (Wildman–Crippen LogP) is 0.780. The second kappa shape index (κ2) is 9.15. The molecule has 0 saturated carbocycles. The van der Waals surface area contributed by atoms with Crippen LogP contribution in [-0.2, 0) is 22.7 Å². The van der Waals surface area contributed by atoms with Crippen LogP contribution < -0.4 is 10.6 Å². The van der Waals surface area contributed by atoms with Crippen molar-refractivity contribution in [1.82, 2.24) is 25.3 Å². The lowest BCUT2D eigenvalue weighted by atomic mass is 10.1. The number of benzene rings is 1. The fourth-order valence-electron chi connectivity index (χ4n) is 3.14. The molecule has 1 fully saturated rings. The lowest BCUT2D eigenvalue weighted by molar-refractivity contribution is -0.134. The molecule has 7 heteroatoms. The Morgan fingerprint density at radius 3 is 2.88 bits per heavy atom. The van der Waals surface area contributed by atoms with Crippen LogP contribution in [-0.4, -0.2) is 52.2 Å². The number of nitrogens with one attached hydrogen (secondary N) is 2. The molecule has 1 aromatic carbocycles. The SMILES string of the molecule is O=C(CC1C(=O)NCCN1Cc1ccccc1)NCCCn1cccn1. The van der Waals surface area contributed by atoms with Crippen molar-refractivity contribution in [1.29, 1.82) is 0 Å². The number of aryl methyl sites for hydroxylation is 1. The third kappa shape index (κ3) is 5.16. The molecule has 2 heterocycles. The maximum atomic E-state index is 12.3. The lowest BCUT2D eigenvalue weighted by Gasteiger charge is -2.34. The van der Waals surface area contributed by atoms with E-state index >= 15 is 0 Å². The van der Waals surface area contributed by atoms with E-state index in [9.17, 15) is 9.59 Å². The number of aromatic nitrogens is 2. The van der Waals surface area contributed by atoms with E-state index in [2.05, 4.69) is 20.6 Å². The average Bonchev–Trinajstić information content (AvgIpc) is 3.16. The Bertz CT molecular complexity index is 702. The number of amides is 2. The molecular weight excluding hydrogens is 330 g/mol. The number of carbonyl (C=O) groups excluding carboxylic acids is 2. The summed E-state index contributed by atoms with van der Waals surface area (Å²) < 4.78 is 1.84. The first-order valence-corrected chi connectivity index (χ1v) is 9.02. The van der Waals surface area contributed by atoms with Crippen molar-refractivity contribution in [2.45, 2.75) is 32.0 Å². The Morgan fingerprint density at radius 1 is 1.27 bits per heavy atom. The molecule has 2 N–H and O–H groups in total. The van der Waals surface area contributed by atoms with Crippen molar-refractivity contribution >= 4 is 11.8 Å². The second-order valence-electron chi connectivity index (χ2n) is 6.44. The Kier molecular flexibility index (Phi) is 6.38. The first-order chi connectivity index (χ1) is 12.7. The van der Waals surface area contributed by atoms with E-state index in [1.165, 1.54) is 0 Å². The smallest absolute Gasteiger partial charge is 0.237 e. The van der Waals surface area contributed by atoms with Crippen LogP contribution >= 0.6 is 0 Å². The fraction of sp³-hybridized carbons (Fsp3) is 0.421. The van der Waals surface area contributed by atoms with Crippen LogP contribution in [0, 0.1) is 0 Å². The first kappa shape index (κ1) is 18.1. The van der Waals surface area contributed by atoms with Gasteiger partial charge in [0, 0.05) is 45.1 Å². The van der Waals surface area contributed by atoms with Gasteiger partial charge >= 0.3 is 0 Å². The molecule has 1 aromatic heterocycles.